The van der Waals surface area contributed by atoms with Gasteiger partial charge in [0.15, 0.2) is 0 Å². The second-order valence-electron chi connectivity index (χ2n) is 6.56. The molecule has 0 bridgehead atoms. The lowest BCUT2D eigenvalue weighted by atomic mass is 10.3. The SMILES string of the molecule is NC(=O)NOCCCC[P+](c1ccccc1)(c1ccccc1)c1ccccc1. The van der Waals surface area contributed by atoms with Crippen LogP contribution in [0, 0.1) is 0 Å². The van der Waals surface area contributed by atoms with E-state index in [1.165, 1.54) is 15.9 Å². The quantitative estimate of drug-likeness (QED) is 0.333. The van der Waals surface area contributed by atoms with Crippen molar-refractivity contribution in [2.45, 2.75) is 12.8 Å². The Morgan fingerprint density at radius 1 is 0.750 bits per heavy atom. The molecule has 0 aliphatic carbocycles. The van der Waals surface area contributed by atoms with Crippen molar-refractivity contribution in [2.24, 2.45) is 5.73 Å². The van der Waals surface area contributed by atoms with Crippen molar-refractivity contribution in [1.29, 1.82) is 0 Å². The molecule has 0 aliphatic heterocycles. The molecule has 4 nitrogen and oxygen atoms in total. The number of urea groups is 1. The molecule has 28 heavy (non-hydrogen) atoms. The van der Waals surface area contributed by atoms with E-state index in [9.17, 15) is 4.79 Å². The lowest BCUT2D eigenvalue weighted by Gasteiger charge is -2.27. The Bertz CT molecular complexity index is 761. The number of hydrogen-bond donors (Lipinski definition) is 2. The Labute approximate surface area is 167 Å². The monoisotopic (exact) mass is 393 g/mol. The predicted octanol–water partition coefficient (Wildman–Crippen LogP) is 3.36. The molecule has 0 fully saturated rings. The number of nitrogens with two attached hydrogens (primary N) is 1. The summed E-state index contributed by atoms with van der Waals surface area (Å²) in [5, 5.41) is 4.13. The van der Waals surface area contributed by atoms with Crippen LogP contribution in [-0.4, -0.2) is 18.8 Å². The summed E-state index contributed by atoms with van der Waals surface area (Å²) in [6.45, 7) is 0.446. The van der Waals surface area contributed by atoms with Gasteiger partial charge in [-0.05, 0) is 49.2 Å². The maximum Gasteiger partial charge on any atom is 0.336 e. The normalized spacial score (nSPS) is 11.1. The Morgan fingerprint density at radius 2 is 1.18 bits per heavy atom. The molecule has 2 amide bonds. The molecule has 3 N–H and O–H groups in total. The molecular weight excluding hydrogens is 367 g/mol. The van der Waals surface area contributed by atoms with Gasteiger partial charge in [-0.25, -0.2) is 10.3 Å². The van der Waals surface area contributed by atoms with Crippen molar-refractivity contribution >= 4 is 29.2 Å². The molecule has 144 valence electrons. The van der Waals surface area contributed by atoms with Crippen LogP contribution in [-0.2, 0) is 4.84 Å². The van der Waals surface area contributed by atoms with E-state index in [1.807, 2.05) is 0 Å². The molecule has 0 aromatic heterocycles. The Hall–Kier alpha value is -2.68. The summed E-state index contributed by atoms with van der Waals surface area (Å²) in [7, 11) is -1.79. The number of carbonyl (C=O) groups excluding carboxylic acids is 1. The van der Waals surface area contributed by atoms with Gasteiger partial charge in [0.05, 0.1) is 12.8 Å². The largest absolute Gasteiger partial charge is 0.350 e. The predicted molar refractivity (Wildman–Crippen MR) is 118 cm³/mol. The molecule has 3 rings (SSSR count). The molecule has 5 heteroatoms. The fourth-order valence-electron chi connectivity index (χ4n) is 3.53. The van der Waals surface area contributed by atoms with E-state index in [1.54, 1.807) is 0 Å². The second kappa shape index (κ2) is 10.0. The van der Waals surface area contributed by atoms with Crippen LogP contribution in [0.15, 0.2) is 91.0 Å². The van der Waals surface area contributed by atoms with E-state index in [2.05, 4.69) is 96.5 Å². The number of hydrogen-bond acceptors (Lipinski definition) is 2. The first-order valence-electron chi connectivity index (χ1n) is 9.45. The zero-order chi connectivity index (χ0) is 19.7. The highest BCUT2D eigenvalue weighted by Gasteiger charge is 2.44. The van der Waals surface area contributed by atoms with Gasteiger partial charge in [0.1, 0.15) is 23.2 Å². The first kappa shape index (κ1) is 20.1. The zero-order valence-electron chi connectivity index (χ0n) is 15.8. The summed E-state index contributed by atoms with van der Waals surface area (Å²) in [5.41, 5.74) is 7.22. The van der Waals surface area contributed by atoms with Crippen molar-refractivity contribution in [3.63, 3.8) is 0 Å². The minimum absolute atomic E-state index is 0.446. The van der Waals surface area contributed by atoms with E-state index < -0.39 is 13.3 Å². The Balaban J connectivity index is 1.94. The highest BCUT2D eigenvalue weighted by molar-refractivity contribution is 7.95. The highest BCUT2D eigenvalue weighted by Crippen LogP contribution is 2.55. The van der Waals surface area contributed by atoms with Gasteiger partial charge >= 0.3 is 6.03 Å². The molecule has 0 unspecified atom stereocenters. The van der Waals surface area contributed by atoms with E-state index in [-0.39, 0.29) is 0 Å². The minimum Gasteiger partial charge on any atom is -0.350 e. The van der Waals surface area contributed by atoms with E-state index in [0.717, 1.165) is 19.0 Å². The highest BCUT2D eigenvalue weighted by atomic mass is 31.2. The van der Waals surface area contributed by atoms with Crippen molar-refractivity contribution in [2.75, 3.05) is 12.8 Å². The fourth-order valence-corrected chi connectivity index (χ4v) is 7.94. The van der Waals surface area contributed by atoms with Crippen LogP contribution in [0.5, 0.6) is 0 Å². The van der Waals surface area contributed by atoms with E-state index in [4.69, 9.17) is 10.6 Å². The average Bonchev–Trinajstić information content (AvgIpc) is 2.75. The average molecular weight is 393 g/mol. The number of unbranched alkanes of at least 4 members (excludes halogenated alkanes) is 1. The number of amides is 2. The summed E-state index contributed by atoms with van der Waals surface area (Å²) in [6, 6.07) is 31.8. The number of carbonyl (C=O) groups is 1. The number of hydroxylamine groups is 1. The smallest absolute Gasteiger partial charge is 0.336 e. The van der Waals surface area contributed by atoms with Crippen LogP contribution in [0.3, 0.4) is 0 Å². The third kappa shape index (κ3) is 4.78. The zero-order valence-corrected chi connectivity index (χ0v) is 16.7. The lowest BCUT2D eigenvalue weighted by molar-refractivity contribution is 0.0626. The molecule has 0 radical (unpaired) electrons. The van der Waals surface area contributed by atoms with Gasteiger partial charge in [0, 0.05) is 0 Å². The van der Waals surface area contributed by atoms with Crippen molar-refractivity contribution < 1.29 is 9.63 Å². The third-order valence-electron chi connectivity index (χ3n) is 4.75. The summed E-state index contributed by atoms with van der Waals surface area (Å²) < 4.78 is 0. The first-order chi connectivity index (χ1) is 13.7. The molecule has 0 heterocycles. The summed E-state index contributed by atoms with van der Waals surface area (Å²) in [5.74, 6) is 0. The van der Waals surface area contributed by atoms with E-state index in [0.29, 0.717) is 6.61 Å². The van der Waals surface area contributed by atoms with Gasteiger partial charge in [-0.15, -0.1) is 0 Å². The van der Waals surface area contributed by atoms with Crippen LogP contribution in [0.4, 0.5) is 4.79 Å². The third-order valence-corrected chi connectivity index (χ3v) is 9.28. The maximum atomic E-state index is 10.7. The van der Waals surface area contributed by atoms with Gasteiger partial charge in [-0.3, -0.25) is 4.84 Å². The van der Waals surface area contributed by atoms with Gasteiger partial charge in [-0.1, -0.05) is 54.6 Å². The number of nitrogens with one attached hydrogen (secondary N) is 1. The molecule has 0 aliphatic rings. The van der Waals surface area contributed by atoms with Gasteiger partial charge < -0.3 is 5.73 Å². The van der Waals surface area contributed by atoms with Crippen LogP contribution < -0.4 is 27.1 Å². The first-order valence-corrected chi connectivity index (χ1v) is 11.4. The Kier molecular flexibility index (Phi) is 7.18. The van der Waals surface area contributed by atoms with Gasteiger partial charge in [0.25, 0.3) is 0 Å². The van der Waals surface area contributed by atoms with Crippen LogP contribution in [0.2, 0.25) is 0 Å². The summed E-state index contributed by atoms with van der Waals surface area (Å²) >= 11 is 0. The molecule has 3 aromatic carbocycles. The van der Waals surface area contributed by atoms with E-state index >= 15 is 0 Å². The minimum atomic E-state index is -1.79. The molecular formula is C23H26N2O2P+. The standard InChI is InChI=1S/C23H25N2O2P/c24-23(26)25-27-18-10-11-19-28(20-12-4-1-5-13-20,21-14-6-2-7-15-21)22-16-8-3-9-17-22/h1-9,12-17H,10-11,18-19H2,(H2-,24,25,26)/p+1. The van der Waals surface area contributed by atoms with Crippen molar-refractivity contribution in [1.82, 2.24) is 5.48 Å². The van der Waals surface area contributed by atoms with Crippen LogP contribution in [0.25, 0.3) is 0 Å². The molecule has 0 saturated heterocycles. The molecule has 3 aromatic rings. The van der Waals surface area contributed by atoms with Crippen LogP contribution >= 0.6 is 7.26 Å². The second-order valence-corrected chi connectivity index (χ2v) is 10.2. The number of benzene rings is 3. The van der Waals surface area contributed by atoms with Crippen LogP contribution in [0.1, 0.15) is 12.8 Å². The fraction of sp³-hybridized carbons (Fsp3) is 0.174. The van der Waals surface area contributed by atoms with Crippen molar-refractivity contribution in [3.8, 4) is 0 Å². The van der Waals surface area contributed by atoms with Crippen molar-refractivity contribution in [3.05, 3.63) is 91.0 Å². The maximum absolute atomic E-state index is 10.7. The molecule has 0 spiro atoms. The molecule has 0 atom stereocenters. The number of rotatable bonds is 9. The van der Waals surface area contributed by atoms with Gasteiger partial charge in [0.2, 0.25) is 0 Å². The summed E-state index contributed by atoms with van der Waals surface area (Å²) in [6.07, 6.45) is 2.85. The number of primary amides is 1. The topological polar surface area (TPSA) is 64.4 Å². The lowest BCUT2D eigenvalue weighted by Crippen LogP contribution is -2.33. The summed E-state index contributed by atoms with van der Waals surface area (Å²) in [4.78, 5) is 15.9. The van der Waals surface area contributed by atoms with Gasteiger partial charge in [-0.2, -0.15) is 0 Å². The molecule has 0 saturated carbocycles. The Morgan fingerprint density at radius 3 is 1.57 bits per heavy atom.